The number of rotatable bonds is 1. The molecule has 0 saturated carbocycles. The van der Waals surface area contributed by atoms with E-state index < -0.39 is 0 Å². The van der Waals surface area contributed by atoms with Crippen molar-refractivity contribution >= 4 is 11.0 Å². The quantitative estimate of drug-likeness (QED) is 0.651. The number of aryl methyl sites for hydroxylation is 1. The summed E-state index contributed by atoms with van der Waals surface area (Å²) >= 11 is 0. The Labute approximate surface area is 111 Å². The van der Waals surface area contributed by atoms with Gasteiger partial charge in [-0.05, 0) is 26.0 Å². The van der Waals surface area contributed by atoms with Crippen LogP contribution in [0.2, 0.25) is 0 Å². The van der Waals surface area contributed by atoms with Gasteiger partial charge < -0.3 is 4.42 Å². The third kappa shape index (κ3) is 1.95. The molecule has 94 valence electrons. The highest BCUT2D eigenvalue weighted by Crippen LogP contribution is 2.25. The lowest BCUT2D eigenvalue weighted by Gasteiger charge is -2.07. The molecule has 0 aliphatic carbocycles. The Kier molecular flexibility index (Phi) is 2.71. The lowest BCUT2D eigenvalue weighted by molar-refractivity contribution is 0.614. The van der Waals surface area contributed by atoms with Crippen molar-refractivity contribution < 1.29 is 4.42 Å². The first-order chi connectivity index (χ1) is 9.16. The molecule has 0 radical (unpaired) electrons. The molecule has 2 nitrogen and oxygen atoms in total. The second kappa shape index (κ2) is 4.39. The molecule has 1 heterocycles. The fraction of sp³-hybridized carbons (Fsp3) is 0.118. The average Bonchev–Trinajstić information content (AvgIpc) is 2.44. The van der Waals surface area contributed by atoms with Crippen molar-refractivity contribution in [3.05, 3.63) is 69.9 Å². The number of benzene rings is 2. The van der Waals surface area contributed by atoms with E-state index in [0.29, 0.717) is 22.3 Å². The van der Waals surface area contributed by atoms with Crippen LogP contribution in [0, 0.1) is 13.8 Å². The summed E-state index contributed by atoms with van der Waals surface area (Å²) in [5.74, 6) is 0.656. The summed E-state index contributed by atoms with van der Waals surface area (Å²) in [7, 11) is 0. The largest absolute Gasteiger partial charge is 0.456 e. The van der Waals surface area contributed by atoms with E-state index in [2.05, 4.69) is 0 Å². The van der Waals surface area contributed by atoms with Crippen LogP contribution in [0.1, 0.15) is 11.1 Å². The predicted molar refractivity (Wildman–Crippen MR) is 77.4 cm³/mol. The average molecular weight is 250 g/mol. The molecule has 3 rings (SSSR count). The van der Waals surface area contributed by atoms with E-state index >= 15 is 0 Å². The summed E-state index contributed by atoms with van der Waals surface area (Å²) in [4.78, 5) is 12.3. The summed E-state index contributed by atoms with van der Waals surface area (Å²) in [6.45, 7) is 3.85. The molecular weight excluding hydrogens is 236 g/mol. The smallest absolute Gasteiger partial charge is 0.196 e. The number of para-hydroxylation sites is 1. The van der Waals surface area contributed by atoms with E-state index in [1.54, 1.807) is 6.07 Å². The van der Waals surface area contributed by atoms with Crippen LogP contribution in [0.4, 0.5) is 0 Å². The maximum absolute atomic E-state index is 12.3. The molecule has 0 aliphatic heterocycles. The number of hydrogen-bond donors (Lipinski definition) is 0. The molecule has 1 aromatic heterocycles. The lowest BCUT2D eigenvalue weighted by Crippen LogP contribution is -2.06. The summed E-state index contributed by atoms with van der Waals surface area (Å²) in [5.41, 5.74) is 3.45. The molecule has 0 N–H and O–H groups in total. The fourth-order valence-corrected chi connectivity index (χ4v) is 2.22. The van der Waals surface area contributed by atoms with Crippen LogP contribution in [0.15, 0.2) is 57.7 Å². The van der Waals surface area contributed by atoms with E-state index in [9.17, 15) is 4.79 Å². The Morgan fingerprint density at radius 2 is 1.58 bits per heavy atom. The molecule has 2 aromatic carbocycles. The highest BCUT2D eigenvalue weighted by Gasteiger charge is 2.11. The van der Waals surface area contributed by atoms with Gasteiger partial charge in [-0.3, -0.25) is 4.79 Å². The Bertz CT molecular complexity index is 796. The first kappa shape index (κ1) is 11.7. The highest BCUT2D eigenvalue weighted by molar-refractivity contribution is 5.80. The van der Waals surface area contributed by atoms with Crippen molar-refractivity contribution in [2.75, 3.05) is 0 Å². The molecule has 3 aromatic rings. The van der Waals surface area contributed by atoms with Crippen molar-refractivity contribution in [3.8, 4) is 11.3 Å². The molecule has 0 bridgehead atoms. The van der Waals surface area contributed by atoms with Gasteiger partial charge in [0, 0.05) is 11.1 Å². The molecule has 19 heavy (non-hydrogen) atoms. The second-order valence-electron chi connectivity index (χ2n) is 4.75. The predicted octanol–water partition coefficient (Wildman–Crippen LogP) is 4.08. The van der Waals surface area contributed by atoms with E-state index in [0.717, 1.165) is 5.56 Å². The number of hydrogen-bond acceptors (Lipinski definition) is 2. The first-order valence-corrected chi connectivity index (χ1v) is 6.26. The van der Waals surface area contributed by atoms with Crippen molar-refractivity contribution in [2.45, 2.75) is 13.8 Å². The van der Waals surface area contributed by atoms with Crippen LogP contribution in [-0.4, -0.2) is 0 Å². The molecule has 0 saturated heterocycles. The molecule has 0 unspecified atom stereocenters. The standard InChI is InChI=1S/C17H14O2/c1-11-7-9-13(10-8-11)17-12(2)16(18)14-5-3-4-6-15(14)19-17/h3-10H,1-2H3. The summed E-state index contributed by atoms with van der Waals surface area (Å²) < 4.78 is 5.90. The van der Waals surface area contributed by atoms with E-state index in [-0.39, 0.29) is 5.43 Å². The Balaban J connectivity index is 2.33. The Hall–Kier alpha value is -2.35. The van der Waals surface area contributed by atoms with Crippen LogP contribution in [0.25, 0.3) is 22.3 Å². The minimum Gasteiger partial charge on any atom is -0.456 e. The van der Waals surface area contributed by atoms with Gasteiger partial charge in [0.1, 0.15) is 11.3 Å². The Morgan fingerprint density at radius 1 is 0.895 bits per heavy atom. The van der Waals surface area contributed by atoms with Gasteiger partial charge in [-0.25, -0.2) is 0 Å². The van der Waals surface area contributed by atoms with Gasteiger partial charge >= 0.3 is 0 Å². The van der Waals surface area contributed by atoms with Gasteiger partial charge in [-0.1, -0.05) is 42.0 Å². The lowest BCUT2D eigenvalue weighted by atomic mass is 10.0. The van der Waals surface area contributed by atoms with Gasteiger partial charge in [0.25, 0.3) is 0 Å². The zero-order chi connectivity index (χ0) is 13.4. The van der Waals surface area contributed by atoms with Gasteiger partial charge in [0.05, 0.1) is 5.39 Å². The molecule has 0 fully saturated rings. The van der Waals surface area contributed by atoms with Gasteiger partial charge in [0.15, 0.2) is 5.43 Å². The van der Waals surface area contributed by atoms with Gasteiger partial charge in [-0.2, -0.15) is 0 Å². The van der Waals surface area contributed by atoms with Crippen molar-refractivity contribution in [1.29, 1.82) is 0 Å². The summed E-state index contributed by atoms with van der Waals surface area (Å²) in [6, 6.07) is 15.4. The van der Waals surface area contributed by atoms with E-state index in [1.165, 1.54) is 5.56 Å². The van der Waals surface area contributed by atoms with Crippen LogP contribution >= 0.6 is 0 Å². The third-order valence-corrected chi connectivity index (χ3v) is 3.34. The maximum atomic E-state index is 12.3. The van der Waals surface area contributed by atoms with Crippen LogP contribution in [0.5, 0.6) is 0 Å². The van der Waals surface area contributed by atoms with Crippen LogP contribution < -0.4 is 5.43 Å². The highest BCUT2D eigenvalue weighted by atomic mass is 16.3. The van der Waals surface area contributed by atoms with Gasteiger partial charge in [-0.15, -0.1) is 0 Å². The molecular formula is C17H14O2. The van der Waals surface area contributed by atoms with E-state index in [1.807, 2.05) is 56.3 Å². The van der Waals surface area contributed by atoms with Crippen molar-refractivity contribution in [3.63, 3.8) is 0 Å². The zero-order valence-electron chi connectivity index (χ0n) is 10.9. The van der Waals surface area contributed by atoms with Crippen molar-refractivity contribution in [1.82, 2.24) is 0 Å². The summed E-state index contributed by atoms with van der Waals surface area (Å²) in [5, 5.41) is 0.635. The summed E-state index contributed by atoms with van der Waals surface area (Å²) in [6.07, 6.45) is 0. The van der Waals surface area contributed by atoms with Crippen LogP contribution in [0.3, 0.4) is 0 Å². The SMILES string of the molecule is Cc1ccc(-c2oc3ccccc3c(=O)c2C)cc1. The molecule has 0 aliphatic rings. The van der Waals surface area contributed by atoms with E-state index in [4.69, 9.17) is 4.42 Å². The van der Waals surface area contributed by atoms with Crippen LogP contribution in [-0.2, 0) is 0 Å². The van der Waals surface area contributed by atoms with Gasteiger partial charge in [0.2, 0.25) is 0 Å². The third-order valence-electron chi connectivity index (χ3n) is 3.34. The first-order valence-electron chi connectivity index (χ1n) is 6.26. The fourth-order valence-electron chi connectivity index (χ4n) is 2.22. The molecule has 0 amide bonds. The minimum atomic E-state index is 0.0393. The molecule has 0 spiro atoms. The maximum Gasteiger partial charge on any atom is 0.196 e. The zero-order valence-corrected chi connectivity index (χ0v) is 10.9. The molecule has 2 heteroatoms. The van der Waals surface area contributed by atoms with Crippen molar-refractivity contribution in [2.24, 2.45) is 0 Å². The monoisotopic (exact) mass is 250 g/mol. The topological polar surface area (TPSA) is 30.2 Å². The second-order valence-corrected chi connectivity index (χ2v) is 4.75. The number of fused-ring (bicyclic) bond motifs is 1. The molecule has 0 atom stereocenters. The normalized spacial score (nSPS) is 10.8. The minimum absolute atomic E-state index is 0.0393. The Morgan fingerprint density at radius 3 is 2.32 bits per heavy atom.